The number of nitrogen functional groups attached to an aromatic ring is 1. The van der Waals surface area contributed by atoms with Gasteiger partial charge in [0.2, 0.25) is 0 Å². The van der Waals surface area contributed by atoms with Crippen molar-refractivity contribution in [1.82, 2.24) is 15.2 Å². The minimum atomic E-state index is -0.0316. The minimum Gasteiger partial charge on any atom is -0.398 e. The molecule has 2 aliphatic rings. The van der Waals surface area contributed by atoms with Gasteiger partial charge in [-0.3, -0.25) is 9.78 Å². The highest BCUT2D eigenvalue weighted by Gasteiger charge is 2.31. The first-order valence-corrected chi connectivity index (χ1v) is 11.8. The van der Waals surface area contributed by atoms with Crippen molar-refractivity contribution in [1.29, 1.82) is 0 Å². The Labute approximate surface area is 185 Å². The number of aromatic nitrogens is 1. The molecule has 2 fully saturated rings. The number of piperidine rings is 1. The maximum Gasteiger partial charge on any atom is 0.253 e. The van der Waals surface area contributed by atoms with Crippen molar-refractivity contribution in [2.75, 3.05) is 38.6 Å². The second-order valence-corrected chi connectivity index (χ2v) is 9.59. The number of fused-ring (bicyclic) bond motifs is 1. The van der Waals surface area contributed by atoms with Gasteiger partial charge in [0.25, 0.3) is 5.91 Å². The van der Waals surface area contributed by atoms with Crippen LogP contribution in [-0.4, -0.2) is 54.7 Å². The van der Waals surface area contributed by atoms with Gasteiger partial charge in [0.05, 0.1) is 11.1 Å². The zero-order valence-electron chi connectivity index (χ0n) is 19.0. The summed E-state index contributed by atoms with van der Waals surface area (Å²) in [5.74, 6) is -0.0316. The fourth-order valence-electron chi connectivity index (χ4n) is 5.04. The second-order valence-electron chi connectivity index (χ2n) is 9.59. The van der Waals surface area contributed by atoms with Crippen molar-refractivity contribution >= 4 is 22.5 Å². The number of carbonyl (C=O) groups is 1. The van der Waals surface area contributed by atoms with Gasteiger partial charge >= 0.3 is 0 Å². The molecule has 1 aromatic heterocycles. The Balaban J connectivity index is 1.41. The van der Waals surface area contributed by atoms with E-state index in [4.69, 9.17) is 10.5 Å². The van der Waals surface area contributed by atoms with Crippen LogP contribution in [0.1, 0.15) is 61.9 Å². The Morgan fingerprint density at radius 2 is 2.06 bits per heavy atom. The molecule has 3 N–H and O–H groups in total. The fourth-order valence-corrected chi connectivity index (χ4v) is 5.04. The number of hydrogen-bond acceptors (Lipinski definition) is 5. The summed E-state index contributed by atoms with van der Waals surface area (Å²) in [4.78, 5) is 20.3. The number of amides is 1. The molecule has 0 bridgehead atoms. The summed E-state index contributed by atoms with van der Waals surface area (Å²) in [7, 11) is 0. The van der Waals surface area contributed by atoms with Gasteiger partial charge in [0, 0.05) is 56.2 Å². The first-order chi connectivity index (χ1) is 15.0. The Bertz CT molecular complexity index is 915. The van der Waals surface area contributed by atoms with Crippen LogP contribution in [0.4, 0.5) is 5.69 Å². The van der Waals surface area contributed by atoms with Crippen molar-refractivity contribution in [3.05, 3.63) is 35.5 Å². The maximum absolute atomic E-state index is 13.2. The Morgan fingerprint density at radius 3 is 2.77 bits per heavy atom. The zero-order chi connectivity index (χ0) is 21.8. The molecule has 0 saturated carbocycles. The quantitative estimate of drug-likeness (QED) is 0.690. The first-order valence-electron chi connectivity index (χ1n) is 11.8. The van der Waals surface area contributed by atoms with Gasteiger partial charge < -0.3 is 20.7 Å². The summed E-state index contributed by atoms with van der Waals surface area (Å²) in [5, 5.41) is 4.16. The van der Waals surface area contributed by atoms with Gasteiger partial charge in [-0.15, -0.1) is 0 Å². The molecule has 2 aliphatic heterocycles. The number of nitrogens with one attached hydrogen (secondary N) is 1. The van der Waals surface area contributed by atoms with E-state index >= 15 is 0 Å². The standard InChI is InChI=1S/C25H36N4O2/c1-3-5-18-16-21(23-20(22(18)26)6-4-11-27-23)24(30)28-19-7-12-29(13-8-19)17-25(2)9-14-31-15-10-25/h4,6,11,16,19H,3,5,7-10,12-15,17,26H2,1-2H3,(H,28,30). The number of aryl methyl sites for hydroxylation is 1. The summed E-state index contributed by atoms with van der Waals surface area (Å²) < 4.78 is 5.54. The molecule has 31 heavy (non-hydrogen) atoms. The van der Waals surface area contributed by atoms with Gasteiger partial charge in [0.1, 0.15) is 0 Å². The Hall–Kier alpha value is -2.18. The largest absolute Gasteiger partial charge is 0.398 e. The lowest BCUT2D eigenvalue weighted by Gasteiger charge is -2.41. The van der Waals surface area contributed by atoms with Crippen molar-refractivity contribution in [3.8, 4) is 0 Å². The summed E-state index contributed by atoms with van der Waals surface area (Å²) in [5.41, 5.74) is 9.86. The molecular formula is C25H36N4O2. The molecule has 2 aromatic rings. The van der Waals surface area contributed by atoms with Gasteiger partial charge in [-0.2, -0.15) is 0 Å². The molecule has 1 amide bonds. The van der Waals surface area contributed by atoms with E-state index in [0.29, 0.717) is 16.5 Å². The van der Waals surface area contributed by atoms with Crippen LogP contribution < -0.4 is 11.1 Å². The average molecular weight is 425 g/mol. The summed E-state index contributed by atoms with van der Waals surface area (Å²) in [6, 6.07) is 6.00. The van der Waals surface area contributed by atoms with E-state index in [1.54, 1.807) is 6.20 Å². The number of likely N-dealkylation sites (tertiary alicyclic amines) is 1. The molecule has 4 rings (SSSR count). The topological polar surface area (TPSA) is 80.5 Å². The Morgan fingerprint density at radius 1 is 1.32 bits per heavy atom. The van der Waals surface area contributed by atoms with E-state index in [1.807, 2.05) is 18.2 Å². The maximum atomic E-state index is 13.2. The molecule has 6 heteroatoms. The number of hydrogen-bond donors (Lipinski definition) is 2. The molecule has 0 unspecified atom stereocenters. The lowest BCUT2D eigenvalue weighted by atomic mass is 9.81. The third kappa shape index (κ3) is 5.01. The van der Waals surface area contributed by atoms with E-state index in [0.717, 1.165) is 88.0 Å². The van der Waals surface area contributed by atoms with E-state index < -0.39 is 0 Å². The molecule has 0 radical (unpaired) electrons. The van der Waals surface area contributed by atoms with Crippen LogP contribution >= 0.6 is 0 Å². The smallest absolute Gasteiger partial charge is 0.253 e. The predicted octanol–water partition coefficient (Wildman–Crippen LogP) is 3.78. The van der Waals surface area contributed by atoms with Crippen molar-refractivity contribution in [2.45, 2.75) is 58.4 Å². The van der Waals surface area contributed by atoms with Gasteiger partial charge in [-0.05, 0) is 61.3 Å². The number of nitrogens with two attached hydrogens (primary N) is 1. The third-order valence-electron chi connectivity index (χ3n) is 7.01. The molecule has 0 atom stereocenters. The lowest BCUT2D eigenvalue weighted by molar-refractivity contribution is 0.000796. The van der Waals surface area contributed by atoms with Gasteiger partial charge in [0.15, 0.2) is 0 Å². The van der Waals surface area contributed by atoms with Crippen LogP contribution in [0.5, 0.6) is 0 Å². The van der Waals surface area contributed by atoms with Crippen molar-refractivity contribution in [3.63, 3.8) is 0 Å². The third-order valence-corrected chi connectivity index (χ3v) is 7.01. The number of benzene rings is 1. The Kier molecular flexibility index (Phi) is 6.77. The van der Waals surface area contributed by atoms with Crippen LogP contribution in [0, 0.1) is 5.41 Å². The fraction of sp³-hybridized carbons (Fsp3) is 0.600. The molecule has 168 valence electrons. The molecule has 6 nitrogen and oxygen atoms in total. The SMILES string of the molecule is CCCc1cc(C(=O)NC2CCN(CC3(C)CCOCC3)CC2)c2ncccc2c1N. The van der Waals surface area contributed by atoms with E-state index in [2.05, 4.69) is 29.0 Å². The van der Waals surface area contributed by atoms with Crippen molar-refractivity contribution < 1.29 is 9.53 Å². The van der Waals surface area contributed by atoms with Crippen LogP contribution in [0.15, 0.2) is 24.4 Å². The molecule has 3 heterocycles. The van der Waals surface area contributed by atoms with E-state index in [-0.39, 0.29) is 11.9 Å². The summed E-state index contributed by atoms with van der Waals surface area (Å²) in [6.45, 7) is 9.47. The predicted molar refractivity (Wildman–Crippen MR) is 125 cm³/mol. The monoisotopic (exact) mass is 424 g/mol. The molecule has 2 saturated heterocycles. The molecular weight excluding hydrogens is 388 g/mol. The highest BCUT2D eigenvalue weighted by atomic mass is 16.5. The number of carbonyl (C=O) groups excluding carboxylic acids is 1. The van der Waals surface area contributed by atoms with Crippen LogP contribution in [0.2, 0.25) is 0 Å². The lowest BCUT2D eigenvalue weighted by Crippen LogP contribution is -2.48. The first kappa shape index (κ1) is 22.0. The van der Waals surface area contributed by atoms with Crippen LogP contribution in [0.3, 0.4) is 0 Å². The summed E-state index contributed by atoms with van der Waals surface area (Å²) >= 11 is 0. The second kappa shape index (κ2) is 9.53. The van der Waals surface area contributed by atoms with Gasteiger partial charge in [-0.25, -0.2) is 0 Å². The molecule has 1 aromatic carbocycles. The van der Waals surface area contributed by atoms with Crippen LogP contribution in [0.25, 0.3) is 10.9 Å². The zero-order valence-corrected chi connectivity index (χ0v) is 19.0. The normalized spacial score (nSPS) is 20.1. The molecule has 0 aliphatic carbocycles. The highest BCUT2D eigenvalue weighted by Crippen LogP contribution is 2.32. The van der Waals surface area contributed by atoms with Crippen LogP contribution in [-0.2, 0) is 11.2 Å². The van der Waals surface area contributed by atoms with E-state index in [9.17, 15) is 4.79 Å². The summed E-state index contributed by atoms with van der Waals surface area (Å²) in [6.07, 6.45) is 7.83. The number of pyridine rings is 1. The number of ether oxygens (including phenoxy) is 1. The van der Waals surface area contributed by atoms with E-state index in [1.165, 1.54) is 0 Å². The highest BCUT2D eigenvalue weighted by molar-refractivity contribution is 6.09. The minimum absolute atomic E-state index is 0.0316. The van der Waals surface area contributed by atoms with Crippen molar-refractivity contribution in [2.24, 2.45) is 5.41 Å². The number of rotatable bonds is 6. The number of nitrogens with zero attached hydrogens (tertiary/aromatic N) is 2. The number of anilines is 1. The van der Waals surface area contributed by atoms with Gasteiger partial charge in [-0.1, -0.05) is 20.3 Å². The average Bonchev–Trinajstić information content (AvgIpc) is 2.77. The molecule has 0 spiro atoms.